The van der Waals surface area contributed by atoms with Gasteiger partial charge in [-0.05, 0) is 19.4 Å². The molecule has 2 rings (SSSR count). The van der Waals surface area contributed by atoms with Crippen molar-refractivity contribution in [2.75, 3.05) is 0 Å². The molecule has 0 aliphatic carbocycles. The van der Waals surface area contributed by atoms with Crippen LogP contribution in [0.5, 0.6) is 0 Å². The fourth-order valence-corrected chi connectivity index (χ4v) is 2.31. The minimum Gasteiger partial charge on any atom is -0.154 e. The Bertz CT molecular complexity index is 457. The minimum absolute atomic E-state index is 1.26. The zero-order valence-corrected chi connectivity index (χ0v) is 9.56. The van der Waals surface area contributed by atoms with Crippen molar-refractivity contribution >= 4 is 11.3 Å². The van der Waals surface area contributed by atoms with Crippen molar-refractivity contribution in [1.29, 1.82) is 0 Å². The fourth-order valence-electron chi connectivity index (χ4n) is 1.50. The third kappa shape index (κ3) is 1.58. The Morgan fingerprint density at radius 1 is 1.14 bits per heavy atom. The number of hydrogen-bond acceptors (Lipinski definition) is 1. The second-order valence-corrected chi connectivity index (χ2v) is 4.63. The van der Waals surface area contributed by atoms with E-state index in [4.69, 9.17) is 0 Å². The highest BCUT2D eigenvalue weighted by Gasteiger charge is 2.14. The van der Waals surface area contributed by atoms with E-state index in [2.05, 4.69) is 55.1 Å². The Balaban J connectivity index is 2.55. The van der Waals surface area contributed by atoms with Gasteiger partial charge in [-0.2, -0.15) is 4.57 Å². The number of aryl methyl sites for hydroxylation is 2. The predicted octanol–water partition coefficient (Wildman–Crippen LogP) is 2.95. The molecule has 2 aromatic rings. The average Bonchev–Trinajstić information content (AvgIpc) is 2.48. The summed E-state index contributed by atoms with van der Waals surface area (Å²) in [7, 11) is 0. The summed E-state index contributed by atoms with van der Waals surface area (Å²) < 4.78 is 2.24. The molecule has 0 saturated carbocycles. The quantitative estimate of drug-likeness (QED) is 0.629. The number of nitrogens with zero attached hydrogens (tertiary/aromatic N) is 1. The molecule has 2 heteroatoms. The van der Waals surface area contributed by atoms with Crippen LogP contribution in [-0.4, -0.2) is 0 Å². The van der Waals surface area contributed by atoms with Gasteiger partial charge in [0, 0.05) is 19.1 Å². The van der Waals surface area contributed by atoms with Gasteiger partial charge < -0.3 is 0 Å². The van der Waals surface area contributed by atoms with Gasteiger partial charge in [-0.15, -0.1) is 0 Å². The van der Waals surface area contributed by atoms with Crippen LogP contribution in [0.25, 0.3) is 5.69 Å². The van der Waals surface area contributed by atoms with Crippen molar-refractivity contribution in [3.63, 3.8) is 0 Å². The van der Waals surface area contributed by atoms with Crippen molar-refractivity contribution in [1.82, 2.24) is 0 Å². The van der Waals surface area contributed by atoms with E-state index < -0.39 is 0 Å². The first-order chi connectivity index (χ1) is 6.68. The van der Waals surface area contributed by atoms with E-state index in [0.29, 0.717) is 0 Å². The van der Waals surface area contributed by atoms with Gasteiger partial charge in [0.2, 0.25) is 11.2 Å². The van der Waals surface area contributed by atoms with Crippen LogP contribution in [0.4, 0.5) is 0 Å². The molecule has 0 spiro atoms. The highest BCUT2D eigenvalue weighted by Crippen LogP contribution is 2.12. The SMILES string of the molecule is Cc1cccc(-[n+]2csc(C)c2C)c1. The van der Waals surface area contributed by atoms with Crippen LogP contribution in [0.2, 0.25) is 0 Å². The van der Waals surface area contributed by atoms with Crippen molar-refractivity contribution in [3.8, 4) is 5.69 Å². The summed E-state index contributed by atoms with van der Waals surface area (Å²) in [4.78, 5) is 1.38. The number of thiazole rings is 1. The lowest BCUT2D eigenvalue weighted by molar-refractivity contribution is -0.597. The molecule has 0 N–H and O–H groups in total. The first-order valence-electron chi connectivity index (χ1n) is 4.72. The molecule has 0 saturated heterocycles. The fraction of sp³-hybridized carbons (Fsp3) is 0.250. The molecule has 0 atom stereocenters. The van der Waals surface area contributed by atoms with Gasteiger partial charge >= 0.3 is 0 Å². The lowest BCUT2D eigenvalue weighted by atomic mass is 10.2. The minimum atomic E-state index is 1.26. The van der Waals surface area contributed by atoms with Crippen molar-refractivity contribution in [2.45, 2.75) is 20.8 Å². The molecule has 0 unspecified atom stereocenters. The highest BCUT2D eigenvalue weighted by molar-refractivity contribution is 7.09. The molecular formula is C12H14NS+. The largest absolute Gasteiger partial charge is 0.231 e. The first kappa shape index (κ1) is 9.41. The summed E-state index contributed by atoms with van der Waals surface area (Å²) in [6.45, 7) is 6.44. The summed E-state index contributed by atoms with van der Waals surface area (Å²) in [5, 5.41) is 0. The molecule has 0 radical (unpaired) electrons. The zero-order chi connectivity index (χ0) is 10.1. The maximum absolute atomic E-state index is 2.24. The van der Waals surface area contributed by atoms with Crippen LogP contribution >= 0.6 is 11.3 Å². The summed E-state index contributed by atoms with van der Waals surface area (Å²) in [5.74, 6) is 0. The van der Waals surface area contributed by atoms with Crippen LogP contribution in [0, 0.1) is 20.8 Å². The molecule has 0 fully saturated rings. The van der Waals surface area contributed by atoms with Crippen molar-refractivity contribution in [3.05, 3.63) is 45.9 Å². The molecule has 1 aromatic carbocycles. The highest BCUT2D eigenvalue weighted by atomic mass is 32.1. The standard InChI is InChI=1S/C12H14NS/c1-9-5-4-6-12(7-9)13-8-14-11(3)10(13)2/h4-8H,1-3H3/q+1. The van der Waals surface area contributed by atoms with E-state index >= 15 is 0 Å². The van der Waals surface area contributed by atoms with Gasteiger partial charge in [-0.3, -0.25) is 0 Å². The number of aromatic nitrogens is 1. The Kier molecular flexibility index (Phi) is 2.38. The molecular weight excluding hydrogens is 190 g/mol. The van der Waals surface area contributed by atoms with Crippen LogP contribution in [0.15, 0.2) is 29.8 Å². The molecule has 1 nitrogen and oxygen atoms in total. The van der Waals surface area contributed by atoms with E-state index in [0.717, 1.165) is 0 Å². The lowest BCUT2D eigenvalue weighted by Crippen LogP contribution is -2.30. The Morgan fingerprint density at radius 2 is 1.93 bits per heavy atom. The number of rotatable bonds is 1. The summed E-state index contributed by atoms with van der Waals surface area (Å²) in [6.07, 6.45) is 0. The van der Waals surface area contributed by atoms with Crippen molar-refractivity contribution < 1.29 is 4.57 Å². The molecule has 1 heterocycles. The maximum atomic E-state index is 2.24. The second kappa shape index (κ2) is 3.54. The second-order valence-electron chi connectivity index (χ2n) is 3.57. The summed E-state index contributed by atoms with van der Waals surface area (Å²) in [5.41, 5.74) is 6.06. The Labute approximate surface area is 88.7 Å². The Morgan fingerprint density at radius 3 is 2.50 bits per heavy atom. The third-order valence-corrected chi connectivity index (χ3v) is 3.45. The van der Waals surface area contributed by atoms with E-state index in [9.17, 15) is 0 Å². The number of benzene rings is 1. The summed E-state index contributed by atoms with van der Waals surface area (Å²) in [6, 6.07) is 8.58. The van der Waals surface area contributed by atoms with E-state index in [-0.39, 0.29) is 0 Å². The van der Waals surface area contributed by atoms with Gasteiger partial charge in [0.1, 0.15) is 0 Å². The van der Waals surface area contributed by atoms with Crippen LogP contribution in [0.3, 0.4) is 0 Å². The maximum Gasteiger partial charge on any atom is 0.231 e. The molecule has 0 aliphatic rings. The van der Waals surface area contributed by atoms with Crippen LogP contribution in [0.1, 0.15) is 16.1 Å². The van der Waals surface area contributed by atoms with Crippen LogP contribution < -0.4 is 4.57 Å². The smallest absolute Gasteiger partial charge is 0.154 e. The van der Waals surface area contributed by atoms with E-state index in [1.165, 1.54) is 21.8 Å². The average molecular weight is 204 g/mol. The summed E-state index contributed by atoms with van der Waals surface area (Å²) >= 11 is 1.79. The van der Waals surface area contributed by atoms with E-state index in [1.54, 1.807) is 11.3 Å². The van der Waals surface area contributed by atoms with Crippen LogP contribution in [-0.2, 0) is 0 Å². The third-order valence-electron chi connectivity index (χ3n) is 2.49. The van der Waals surface area contributed by atoms with E-state index in [1.807, 2.05) is 0 Å². The zero-order valence-electron chi connectivity index (χ0n) is 8.74. The molecule has 14 heavy (non-hydrogen) atoms. The topological polar surface area (TPSA) is 3.88 Å². The van der Waals surface area contributed by atoms with Gasteiger partial charge in [0.25, 0.3) is 0 Å². The van der Waals surface area contributed by atoms with Gasteiger partial charge in [-0.1, -0.05) is 23.5 Å². The lowest BCUT2D eigenvalue weighted by Gasteiger charge is -1.95. The molecule has 0 amide bonds. The first-order valence-corrected chi connectivity index (χ1v) is 5.60. The monoisotopic (exact) mass is 204 g/mol. The van der Waals surface area contributed by atoms with Gasteiger partial charge in [-0.25, -0.2) is 0 Å². The molecule has 0 aliphatic heterocycles. The van der Waals surface area contributed by atoms with Crippen molar-refractivity contribution in [2.24, 2.45) is 0 Å². The predicted molar refractivity (Wildman–Crippen MR) is 60.1 cm³/mol. The molecule has 72 valence electrons. The molecule has 1 aromatic heterocycles. The molecule has 0 bridgehead atoms. The van der Waals surface area contributed by atoms with Gasteiger partial charge in [0.05, 0.1) is 4.88 Å². The Hall–Kier alpha value is -1.15. The number of hydrogen-bond donors (Lipinski definition) is 0. The normalized spacial score (nSPS) is 10.5. The van der Waals surface area contributed by atoms with Gasteiger partial charge in [0.15, 0.2) is 5.69 Å².